The van der Waals surface area contributed by atoms with Gasteiger partial charge in [0.2, 0.25) is 0 Å². The summed E-state index contributed by atoms with van der Waals surface area (Å²) in [5, 5.41) is 4.12. The number of hydrogen-bond acceptors (Lipinski definition) is 3. The molecule has 1 aromatic carbocycles. The lowest BCUT2D eigenvalue weighted by Crippen LogP contribution is -2.33. The summed E-state index contributed by atoms with van der Waals surface area (Å²) in [7, 11) is 0. The Morgan fingerprint density at radius 1 is 1.10 bits per heavy atom. The van der Waals surface area contributed by atoms with E-state index in [9.17, 15) is 9.59 Å². The van der Waals surface area contributed by atoms with E-state index in [-0.39, 0.29) is 24.0 Å². The van der Waals surface area contributed by atoms with E-state index in [2.05, 4.69) is 19.2 Å². The van der Waals surface area contributed by atoms with E-state index in [1.54, 1.807) is 6.07 Å². The van der Waals surface area contributed by atoms with Crippen LogP contribution < -0.4 is 15.6 Å². The van der Waals surface area contributed by atoms with Crippen molar-refractivity contribution in [3.05, 3.63) is 40.2 Å². The summed E-state index contributed by atoms with van der Waals surface area (Å²) < 4.78 is 7.69. The number of hydrogen-bond donors (Lipinski definition) is 1. The summed E-state index contributed by atoms with van der Waals surface area (Å²) in [5.41, 5.74) is 2.04. The van der Waals surface area contributed by atoms with Crippen LogP contribution >= 0.6 is 0 Å². The molecule has 0 saturated heterocycles. The number of amides is 1. The predicted octanol–water partition coefficient (Wildman–Crippen LogP) is 4.61. The minimum Gasteiger partial charge on any atom is -0.484 e. The van der Waals surface area contributed by atoms with Crippen molar-refractivity contribution in [1.29, 1.82) is 0 Å². The summed E-state index contributed by atoms with van der Waals surface area (Å²) in [5.74, 6) is 2.04. The van der Waals surface area contributed by atoms with Crippen LogP contribution in [0.5, 0.6) is 5.75 Å². The normalized spacial score (nSPS) is 17.4. The molecule has 1 N–H and O–H groups in total. The number of nitrogens with zero attached hydrogens (tertiary/aromatic N) is 1. The largest absolute Gasteiger partial charge is 0.484 e. The Morgan fingerprint density at radius 3 is 2.57 bits per heavy atom. The molecule has 2 saturated carbocycles. The van der Waals surface area contributed by atoms with E-state index in [0.29, 0.717) is 17.6 Å². The SMILES string of the molecule is CC(C)c1cc(=O)n(CC2CC2)c2cc(OCC(=O)NCC3CCCCC3)ccc12. The molecule has 2 aliphatic rings. The number of fused-ring (bicyclic) bond motifs is 1. The Hall–Kier alpha value is -2.30. The van der Waals surface area contributed by atoms with Crippen molar-refractivity contribution >= 4 is 16.8 Å². The summed E-state index contributed by atoms with van der Waals surface area (Å²) in [4.78, 5) is 25.0. The van der Waals surface area contributed by atoms with Gasteiger partial charge in [0.1, 0.15) is 5.75 Å². The van der Waals surface area contributed by atoms with Gasteiger partial charge in [0, 0.05) is 30.6 Å². The van der Waals surface area contributed by atoms with Gasteiger partial charge in [-0.2, -0.15) is 0 Å². The van der Waals surface area contributed by atoms with Crippen LogP contribution in [0.1, 0.15) is 70.3 Å². The number of carbonyl (C=O) groups excluding carboxylic acids is 1. The van der Waals surface area contributed by atoms with Crippen molar-refractivity contribution in [2.75, 3.05) is 13.2 Å². The molecule has 30 heavy (non-hydrogen) atoms. The third kappa shape index (κ3) is 5.05. The molecule has 1 heterocycles. The van der Waals surface area contributed by atoms with Crippen LogP contribution in [0.2, 0.25) is 0 Å². The van der Waals surface area contributed by atoms with Gasteiger partial charge in [0.15, 0.2) is 6.61 Å². The van der Waals surface area contributed by atoms with Crippen molar-refractivity contribution < 1.29 is 9.53 Å². The molecule has 0 aliphatic heterocycles. The molecule has 0 atom stereocenters. The molecule has 0 unspecified atom stereocenters. The third-order valence-electron chi connectivity index (χ3n) is 6.56. The number of ether oxygens (including phenoxy) is 1. The standard InChI is InChI=1S/C25H34N2O3/c1-17(2)22-13-25(29)27(15-19-8-9-19)23-12-20(10-11-21(22)23)30-16-24(28)26-14-18-6-4-3-5-7-18/h10-13,17-19H,3-9,14-16H2,1-2H3,(H,26,28). The zero-order chi connectivity index (χ0) is 21.1. The highest BCUT2D eigenvalue weighted by Crippen LogP contribution is 2.33. The van der Waals surface area contributed by atoms with Gasteiger partial charge in [-0.15, -0.1) is 0 Å². The van der Waals surface area contributed by atoms with E-state index in [4.69, 9.17) is 4.74 Å². The van der Waals surface area contributed by atoms with Crippen LogP contribution in [0.4, 0.5) is 0 Å². The van der Waals surface area contributed by atoms with Crippen molar-refractivity contribution in [2.24, 2.45) is 11.8 Å². The maximum Gasteiger partial charge on any atom is 0.257 e. The Labute approximate surface area is 178 Å². The fourth-order valence-corrected chi connectivity index (χ4v) is 4.55. The van der Waals surface area contributed by atoms with Gasteiger partial charge >= 0.3 is 0 Å². The number of nitrogens with one attached hydrogen (secondary N) is 1. The molecule has 162 valence electrons. The fourth-order valence-electron chi connectivity index (χ4n) is 4.55. The monoisotopic (exact) mass is 410 g/mol. The zero-order valence-electron chi connectivity index (χ0n) is 18.3. The van der Waals surface area contributed by atoms with Gasteiger partial charge in [0.05, 0.1) is 5.52 Å². The van der Waals surface area contributed by atoms with Crippen LogP contribution in [0.3, 0.4) is 0 Å². The van der Waals surface area contributed by atoms with Crippen molar-refractivity contribution in [3.63, 3.8) is 0 Å². The molecular formula is C25H34N2O3. The van der Waals surface area contributed by atoms with Crippen molar-refractivity contribution in [3.8, 4) is 5.75 Å². The second-order valence-electron chi connectivity index (χ2n) is 9.42. The quantitative estimate of drug-likeness (QED) is 0.691. The first-order chi connectivity index (χ1) is 14.5. The second kappa shape index (κ2) is 9.23. The van der Waals surface area contributed by atoms with Gasteiger partial charge < -0.3 is 14.6 Å². The number of benzene rings is 1. The van der Waals surface area contributed by atoms with Crippen LogP contribution in [0.25, 0.3) is 10.9 Å². The Balaban J connectivity index is 1.47. The summed E-state index contributed by atoms with van der Waals surface area (Å²) in [6.45, 7) is 5.74. The Morgan fingerprint density at radius 2 is 1.87 bits per heavy atom. The van der Waals surface area contributed by atoms with Gasteiger partial charge in [-0.1, -0.05) is 33.1 Å². The Bertz CT molecular complexity index is 953. The highest BCUT2D eigenvalue weighted by Gasteiger charge is 2.24. The second-order valence-corrected chi connectivity index (χ2v) is 9.42. The summed E-state index contributed by atoms with van der Waals surface area (Å²) in [6, 6.07) is 7.66. The van der Waals surface area contributed by atoms with E-state index in [0.717, 1.165) is 29.6 Å². The first-order valence-electron chi connectivity index (χ1n) is 11.6. The van der Waals surface area contributed by atoms with E-state index in [1.807, 2.05) is 22.8 Å². The number of carbonyl (C=O) groups is 1. The lowest BCUT2D eigenvalue weighted by Gasteiger charge is -2.21. The molecule has 0 spiro atoms. The summed E-state index contributed by atoms with van der Waals surface area (Å²) in [6.07, 6.45) is 8.67. The number of pyridine rings is 1. The average Bonchev–Trinajstić information content (AvgIpc) is 3.57. The van der Waals surface area contributed by atoms with Gasteiger partial charge in [-0.3, -0.25) is 9.59 Å². The molecule has 4 rings (SSSR count). The zero-order valence-corrected chi connectivity index (χ0v) is 18.3. The lowest BCUT2D eigenvalue weighted by atomic mass is 9.89. The maximum atomic E-state index is 12.8. The van der Waals surface area contributed by atoms with E-state index < -0.39 is 0 Å². The van der Waals surface area contributed by atoms with Gasteiger partial charge in [-0.05, 0) is 61.1 Å². The average molecular weight is 411 g/mol. The van der Waals surface area contributed by atoms with E-state index in [1.165, 1.54) is 44.9 Å². The topological polar surface area (TPSA) is 60.3 Å². The first kappa shape index (κ1) is 21.0. The van der Waals surface area contributed by atoms with Crippen molar-refractivity contribution in [1.82, 2.24) is 9.88 Å². The van der Waals surface area contributed by atoms with Crippen LogP contribution in [0, 0.1) is 11.8 Å². The van der Waals surface area contributed by atoms with Crippen LogP contribution in [0.15, 0.2) is 29.1 Å². The lowest BCUT2D eigenvalue weighted by molar-refractivity contribution is -0.123. The van der Waals surface area contributed by atoms with Gasteiger partial charge in [-0.25, -0.2) is 0 Å². The first-order valence-corrected chi connectivity index (χ1v) is 11.6. The number of aromatic nitrogens is 1. The molecule has 5 nitrogen and oxygen atoms in total. The predicted molar refractivity (Wildman–Crippen MR) is 120 cm³/mol. The van der Waals surface area contributed by atoms with Gasteiger partial charge in [0.25, 0.3) is 11.5 Å². The molecule has 0 bridgehead atoms. The molecule has 2 aromatic rings. The molecule has 1 aromatic heterocycles. The molecule has 2 aliphatic carbocycles. The molecular weight excluding hydrogens is 376 g/mol. The Kier molecular flexibility index (Phi) is 6.45. The van der Waals surface area contributed by atoms with Crippen molar-refractivity contribution in [2.45, 2.75) is 71.3 Å². The van der Waals surface area contributed by atoms with Crippen LogP contribution in [-0.4, -0.2) is 23.6 Å². The van der Waals surface area contributed by atoms with Crippen LogP contribution in [-0.2, 0) is 11.3 Å². The highest BCUT2D eigenvalue weighted by molar-refractivity contribution is 5.84. The summed E-state index contributed by atoms with van der Waals surface area (Å²) >= 11 is 0. The molecule has 1 amide bonds. The molecule has 0 radical (unpaired) electrons. The third-order valence-corrected chi connectivity index (χ3v) is 6.56. The minimum absolute atomic E-state index is 0.00888. The molecule has 2 fully saturated rings. The fraction of sp³-hybridized carbons (Fsp3) is 0.600. The minimum atomic E-state index is -0.0769. The maximum absolute atomic E-state index is 12.8. The smallest absolute Gasteiger partial charge is 0.257 e. The number of rotatable bonds is 8. The molecule has 5 heteroatoms. The highest BCUT2D eigenvalue weighted by atomic mass is 16.5. The van der Waals surface area contributed by atoms with E-state index >= 15 is 0 Å².